The van der Waals surface area contributed by atoms with Crippen molar-refractivity contribution < 1.29 is 14.3 Å². The Morgan fingerprint density at radius 1 is 1.38 bits per heavy atom. The second-order valence-corrected chi connectivity index (χ2v) is 6.14. The molecule has 0 unspecified atom stereocenters. The van der Waals surface area contributed by atoms with Crippen LogP contribution in [0.5, 0.6) is 5.75 Å². The third kappa shape index (κ3) is 3.88. The number of anilines is 1. The third-order valence-electron chi connectivity index (χ3n) is 3.17. The molecular formula is C16H24N2O3. The van der Waals surface area contributed by atoms with Crippen LogP contribution in [0.3, 0.4) is 0 Å². The lowest BCUT2D eigenvalue weighted by molar-refractivity contribution is 0.0576. The number of para-hydroxylation sites is 1. The number of carbonyl (C=O) groups is 1. The second kappa shape index (κ2) is 6.35. The van der Waals surface area contributed by atoms with Crippen molar-refractivity contribution in [2.75, 3.05) is 24.6 Å². The molecule has 1 heterocycles. The van der Waals surface area contributed by atoms with Crippen LogP contribution in [0.1, 0.15) is 32.8 Å². The fourth-order valence-electron chi connectivity index (χ4n) is 2.40. The number of benzene rings is 1. The number of nitrogens with zero attached hydrogens (tertiary/aromatic N) is 1. The Labute approximate surface area is 126 Å². The van der Waals surface area contributed by atoms with E-state index in [0.29, 0.717) is 25.4 Å². The van der Waals surface area contributed by atoms with Gasteiger partial charge in [0.05, 0.1) is 5.69 Å². The van der Waals surface area contributed by atoms with Gasteiger partial charge in [-0.25, -0.2) is 4.79 Å². The predicted octanol–water partition coefficient (Wildman–Crippen LogP) is 2.71. The van der Waals surface area contributed by atoms with Gasteiger partial charge in [0.25, 0.3) is 0 Å². The van der Waals surface area contributed by atoms with Crippen molar-refractivity contribution in [2.45, 2.75) is 39.2 Å². The largest absolute Gasteiger partial charge is 0.490 e. The number of nitrogens with two attached hydrogens (primary N) is 1. The van der Waals surface area contributed by atoms with Gasteiger partial charge >= 0.3 is 6.09 Å². The Bertz CT molecular complexity index is 509. The minimum absolute atomic E-state index is 0.327. The lowest BCUT2D eigenvalue weighted by Crippen LogP contribution is -2.40. The maximum absolute atomic E-state index is 12.4. The van der Waals surface area contributed by atoms with E-state index >= 15 is 0 Å². The Hall–Kier alpha value is -1.75. The number of carbonyl (C=O) groups excluding carboxylic acids is 1. The van der Waals surface area contributed by atoms with Crippen LogP contribution >= 0.6 is 0 Å². The molecular weight excluding hydrogens is 268 g/mol. The van der Waals surface area contributed by atoms with Gasteiger partial charge in [0.1, 0.15) is 18.0 Å². The first-order valence-corrected chi connectivity index (χ1v) is 7.37. The highest BCUT2D eigenvalue weighted by molar-refractivity contribution is 5.91. The molecule has 0 aromatic heterocycles. The lowest BCUT2D eigenvalue weighted by Gasteiger charge is -2.32. The molecule has 1 aromatic carbocycles. The molecule has 1 aromatic rings. The topological polar surface area (TPSA) is 64.8 Å². The average Bonchev–Trinajstić information content (AvgIpc) is 2.42. The maximum Gasteiger partial charge on any atom is 0.414 e. The van der Waals surface area contributed by atoms with Crippen LogP contribution in [0.4, 0.5) is 10.5 Å². The first kappa shape index (κ1) is 15.6. The molecule has 0 saturated carbocycles. The number of ether oxygens (including phenoxy) is 2. The molecule has 0 saturated heterocycles. The van der Waals surface area contributed by atoms with Gasteiger partial charge in [-0.1, -0.05) is 12.1 Å². The van der Waals surface area contributed by atoms with Crippen molar-refractivity contribution in [1.82, 2.24) is 0 Å². The van der Waals surface area contributed by atoms with E-state index in [0.717, 1.165) is 24.1 Å². The number of aryl methyl sites for hydroxylation is 1. The van der Waals surface area contributed by atoms with E-state index < -0.39 is 5.60 Å². The number of rotatable bonds is 3. The molecule has 0 spiro atoms. The van der Waals surface area contributed by atoms with Crippen LogP contribution in [0.15, 0.2) is 18.2 Å². The quantitative estimate of drug-likeness (QED) is 0.930. The van der Waals surface area contributed by atoms with Gasteiger partial charge in [-0.3, -0.25) is 4.90 Å². The first-order valence-electron chi connectivity index (χ1n) is 7.37. The van der Waals surface area contributed by atoms with E-state index in [4.69, 9.17) is 15.2 Å². The highest BCUT2D eigenvalue weighted by atomic mass is 16.6. The average molecular weight is 292 g/mol. The molecule has 5 heteroatoms. The number of hydrogen-bond acceptors (Lipinski definition) is 4. The Morgan fingerprint density at radius 3 is 2.81 bits per heavy atom. The van der Waals surface area contributed by atoms with Crippen molar-refractivity contribution in [1.29, 1.82) is 0 Å². The van der Waals surface area contributed by atoms with Crippen molar-refractivity contribution >= 4 is 11.8 Å². The van der Waals surface area contributed by atoms with Gasteiger partial charge in [0, 0.05) is 13.1 Å². The predicted molar refractivity (Wildman–Crippen MR) is 82.9 cm³/mol. The standard InChI is InChI=1S/C16H24N2O3/c1-16(2,3)21-15(19)18-10-5-7-12-6-4-8-13(14(12)18)20-11-9-17/h4,6,8H,5,7,9-11,17H2,1-3H3. The molecule has 0 bridgehead atoms. The summed E-state index contributed by atoms with van der Waals surface area (Å²) in [5, 5.41) is 0. The van der Waals surface area contributed by atoms with Gasteiger partial charge in [0.15, 0.2) is 0 Å². The molecule has 0 aliphatic carbocycles. The van der Waals surface area contributed by atoms with E-state index in [-0.39, 0.29) is 6.09 Å². The Morgan fingerprint density at radius 2 is 2.14 bits per heavy atom. The summed E-state index contributed by atoms with van der Waals surface area (Å²) in [5.41, 5.74) is 6.93. The summed E-state index contributed by atoms with van der Waals surface area (Å²) in [6.07, 6.45) is 1.54. The Balaban J connectivity index is 2.30. The molecule has 1 aliphatic heterocycles. The molecule has 0 atom stereocenters. The summed E-state index contributed by atoms with van der Waals surface area (Å²) < 4.78 is 11.2. The molecule has 0 radical (unpaired) electrons. The molecule has 1 aliphatic rings. The molecule has 1 amide bonds. The SMILES string of the molecule is CC(C)(C)OC(=O)N1CCCc2cccc(OCCN)c21. The van der Waals surface area contributed by atoms with Gasteiger partial charge < -0.3 is 15.2 Å². The van der Waals surface area contributed by atoms with Crippen molar-refractivity contribution in [3.8, 4) is 5.75 Å². The normalized spacial score (nSPS) is 14.6. The van der Waals surface area contributed by atoms with Gasteiger partial charge in [-0.05, 0) is 45.2 Å². The van der Waals surface area contributed by atoms with Crippen LogP contribution in [0, 0.1) is 0 Å². The maximum atomic E-state index is 12.4. The van der Waals surface area contributed by atoms with Crippen molar-refractivity contribution in [3.63, 3.8) is 0 Å². The number of amides is 1. The monoisotopic (exact) mass is 292 g/mol. The highest BCUT2D eigenvalue weighted by Gasteiger charge is 2.29. The van der Waals surface area contributed by atoms with Crippen LogP contribution in [0.2, 0.25) is 0 Å². The summed E-state index contributed by atoms with van der Waals surface area (Å²) in [5.74, 6) is 0.698. The lowest BCUT2D eigenvalue weighted by atomic mass is 10.0. The van der Waals surface area contributed by atoms with E-state index in [1.807, 2.05) is 39.0 Å². The van der Waals surface area contributed by atoms with Gasteiger partial charge in [-0.15, -0.1) is 0 Å². The third-order valence-corrected chi connectivity index (χ3v) is 3.17. The fraction of sp³-hybridized carbons (Fsp3) is 0.562. The summed E-state index contributed by atoms with van der Waals surface area (Å²) in [6.45, 7) is 7.12. The Kier molecular flexibility index (Phi) is 4.73. The number of hydrogen-bond donors (Lipinski definition) is 1. The smallest absolute Gasteiger partial charge is 0.414 e. The zero-order valence-corrected chi connectivity index (χ0v) is 13.0. The zero-order valence-electron chi connectivity index (χ0n) is 13.0. The van der Waals surface area contributed by atoms with Crippen LogP contribution in [-0.2, 0) is 11.2 Å². The molecule has 2 rings (SSSR count). The van der Waals surface area contributed by atoms with Gasteiger partial charge in [-0.2, -0.15) is 0 Å². The van der Waals surface area contributed by atoms with Crippen molar-refractivity contribution in [3.05, 3.63) is 23.8 Å². The minimum Gasteiger partial charge on any atom is -0.490 e. The fourth-order valence-corrected chi connectivity index (χ4v) is 2.40. The zero-order chi connectivity index (χ0) is 15.5. The van der Waals surface area contributed by atoms with Crippen LogP contribution in [-0.4, -0.2) is 31.4 Å². The van der Waals surface area contributed by atoms with Crippen molar-refractivity contribution in [2.24, 2.45) is 5.73 Å². The summed E-state index contributed by atoms with van der Waals surface area (Å²) in [6, 6.07) is 5.85. The first-order chi connectivity index (χ1) is 9.92. The van der Waals surface area contributed by atoms with E-state index in [1.165, 1.54) is 0 Å². The number of fused-ring (bicyclic) bond motifs is 1. The molecule has 5 nitrogen and oxygen atoms in total. The highest BCUT2D eigenvalue weighted by Crippen LogP contribution is 2.37. The molecule has 2 N–H and O–H groups in total. The minimum atomic E-state index is -0.512. The summed E-state index contributed by atoms with van der Waals surface area (Å²) in [7, 11) is 0. The van der Waals surface area contributed by atoms with E-state index in [2.05, 4.69) is 0 Å². The van der Waals surface area contributed by atoms with Crippen LogP contribution < -0.4 is 15.4 Å². The molecule has 0 fully saturated rings. The molecule has 21 heavy (non-hydrogen) atoms. The van der Waals surface area contributed by atoms with E-state index in [1.54, 1.807) is 4.90 Å². The van der Waals surface area contributed by atoms with Gasteiger partial charge in [0.2, 0.25) is 0 Å². The summed E-state index contributed by atoms with van der Waals surface area (Å²) in [4.78, 5) is 14.1. The van der Waals surface area contributed by atoms with Crippen LogP contribution in [0.25, 0.3) is 0 Å². The molecule has 116 valence electrons. The van der Waals surface area contributed by atoms with E-state index in [9.17, 15) is 4.79 Å². The summed E-state index contributed by atoms with van der Waals surface area (Å²) >= 11 is 0. The second-order valence-electron chi connectivity index (χ2n) is 6.14.